The van der Waals surface area contributed by atoms with Crippen molar-refractivity contribution in [2.75, 3.05) is 0 Å². The fourth-order valence-corrected chi connectivity index (χ4v) is 2.65. The van der Waals surface area contributed by atoms with Crippen molar-refractivity contribution in [1.82, 2.24) is 4.72 Å². The van der Waals surface area contributed by atoms with E-state index in [1.54, 1.807) is 6.92 Å². The summed E-state index contributed by atoms with van der Waals surface area (Å²) in [6.45, 7) is 3.63. The van der Waals surface area contributed by atoms with Gasteiger partial charge in [-0.3, -0.25) is 0 Å². The van der Waals surface area contributed by atoms with Crippen LogP contribution in [0, 0.1) is 5.82 Å². The number of halogens is 2. The minimum Gasteiger partial charge on any atom is -0.208 e. The highest BCUT2D eigenvalue weighted by Gasteiger charge is 2.17. The highest BCUT2D eigenvalue weighted by Crippen LogP contribution is 2.19. The molecule has 0 heterocycles. The molecule has 0 bridgehead atoms. The van der Waals surface area contributed by atoms with E-state index in [-0.39, 0.29) is 15.4 Å². The summed E-state index contributed by atoms with van der Waals surface area (Å²) in [4.78, 5) is -0.0616. The third-order valence-electron chi connectivity index (χ3n) is 2.17. The Hall–Kier alpha value is -0.460. The van der Waals surface area contributed by atoms with Crippen molar-refractivity contribution in [2.24, 2.45) is 0 Å². The van der Waals surface area contributed by atoms with Crippen LogP contribution < -0.4 is 4.72 Å². The summed E-state index contributed by atoms with van der Waals surface area (Å²) in [5, 5.41) is 0. The first kappa shape index (κ1) is 13.6. The normalized spacial score (nSPS) is 13.8. The van der Waals surface area contributed by atoms with Crippen LogP contribution in [0.4, 0.5) is 4.39 Å². The molecule has 90 valence electrons. The molecule has 1 atom stereocenters. The first-order valence-electron chi connectivity index (χ1n) is 4.84. The van der Waals surface area contributed by atoms with Crippen LogP contribution in [0.25, 0.3) is 0 Å². The van der Waals surface area contributed by atoms with Crippen molar-refractivity contribution in [3.05, 3.63) is 28.5 Å². The molecular formula is C10H13BrFNO2S. The second-order valence-electron chi connectivity index (χ2n) is 3.51. The number of rotatable bonds is 4. The van der Waals surface area contributed by atoms with Crippen LogP contribution >= 0.6 is 15.9 Å². The molecule has 0 amide bonds. The Bertz CT molecular complexity index is 476. The van der Waals surface area contributed by atoms with Gasteiger partial charge in [-0.15, -0.1) is 0 Å². The SMILES string of the molecule is CCC(C)NS(=O)(=O)c1ccc(Br)c(F)c1. The number of benzene rings is 1. The smallest absolute Gasteiger partial charge is 0.208 e. The Morgan fingerprint density at radius 3 is 2.62 bits per heavy atom. The highest BCUT2D eigenvalue weighted by atomic mass is 79.9. The van der Waals surface area contributed by atoms with E-state index in [4.69, 9.17) is 0 Å². The van der Waals surface area contributed by atoms with Crippen molar-refractivity contribution < 1.29 is 12.8 Å². The van der Waals surface area contributed by atoms with Gasteiger partial charge < -0.3 is 0 Å². The fourth-order valence-electron chi connectivity index (χ4n) is 1.06. The van der Waals surface area contributed by atoms with Crippen LogP contribution in [-0.2, 0) is 10.0 Å². The van der Waals surface area contributed by atoms with Gasteiger partial charge in [-0.05, 0) is 47.5 Å². The molecule has 0 saturated heterocycles. The second-order valence-corrected chi connectivity index (χ2v) is 6.07. The molecule has 0 aliphatic carbocycles. The van der Waals surface area contributed by atoms with Gasteiger partial charge in [0, 0.05) is 6.04 Å². The standard InChI is InChI=1S/C10H13BrFNO2S/c1-3-7(2)13-16(14,15)8-4-5-9(11)10(12)6-8/h4-7,13H,3H2,1-2H3. The summed E-state index contributed by atoms with van der Waals surface area (Å²) < 4.78 is 39.4. The Kier molecular flexibility index (Phi) is 4.46. The maximum absolute atomic E-state index is 13.2. The van der Waals surface area contributed by atoms with Crippen LogP contribution in [0.5, 0.6) is 0 Å². The predicted octanol–water partition coefficient (Wildman–Crippen LogP) is 2.67. The van der Waals surface area contributed by atoms with E-state index in [1.165, 1.54) is 12.1 Å². The van der Waals surface area contributed by atoms with Gasteiger partial charge in [-0.2, -0.15) is 0 Å². The van der Waals surface area contributed by atoms with Gasteiger partial charge in [0.1, 0.15) is 5.82 Å². The summed E-state index contributed by atoms with van der Waals surface area (Å²) in [7, 11) is -3.62. The van der Waals surface area contributed by atoms with E-state index < -0.39 is 15.8 Å². The number of nitrogens with one attached hydrogen (secondary N) is 1. The molecule has 3 nitrogen and oxygen atoms in total. The molecule has 0 fully saturated rings. The van der Waals surface area contributed by atoms with Crippen LogP contribution in [0.1, 0.15) is 20.3 Å². The van der Waals surface area contributed by atoms with Gasteiger partial charge in [0.05, 0.1) is 9.37 Å². The van der Waals surface area contributed by atoms with E-state index in [0.717, 1.165) is 6.07 Å². The zero-order valence-electron chi connectivity index (χ0n) is 9.00. The fraction of sp³-hybridized carbons (Fsp3) is 0.400. The summed E-state index contributed by atoms with van der Waals surface area (Å²) >= 11 is 2.97. The van der Waals surface area contributed by atoms with Gasteiger partial charge in [0.2, 0.25) is 10.0 Å². The summed E-state index contributed by atoms with van der Waals surface area (Å²) in [6, 6.07) is 3.56. The zero-order chi connectivity index (χ0) is 12.3. The van der Waals surface area contributed by atoms with E-state index in [2.05, 4.69) is 20.7 Å². The second kappa shape index (κ2) is 5.25. The lowest BCUT2D eigenvalue weighted by molar-refractivity contribution is 0.553. The molecule has 16 heavy (non-hydrogen) atoms. The molecule has 1 unspecified atom stereocenters. The minimum atomic E-state index is -3.62. The van der Waals surface area contributed by atoms with Gasteiger partial charge in [-0.1, -0.05) is 6.92 Å². The lowest BCUT2D eigenvalue weighted by atomic mass is 10.3. The molecule has 0 spiro atoms. The molecule has 0 aromatic heterocycles. The topological polar surface area (TPSA) is 46.2 Å². The van der Waals surface area contributed by atoms with Crippen molar-refractivity contribution in [1.29, 1.82) is 0 Å². The maximum Gasteiger partial charge on any atom is 0.240 e. The van der Waals surface area contributed by atoms with Crippen molar-refractivity contribution in [3.63, 3.8) is 0 Å². The minimum absolute atomic E-state index is 0.0616. The Labute approximate surface area is 103 Å². The molecule has 1 aromatic rings. The Morgan fingerprint density at radius 1 is 1.50 bits per heavy atom. The van der Waals surface area contributed by atoms with Crippen LogP contribution in [0.2, 0.25) is 0 Å². The van der Waals surface area contributed by atoms with E-state index >= 15 is 0 Å². The largest absolute Gasteiger partial charge is 0.240 e. The summed E-state index contributed by atoms with van der Waals surface area (Å²) in [5.74, 6) is -0.591. The third-order valence-corrected chi connectivity index (χ3v) is 4.40. The average Bonchev–Trinajstić information content (AvgIpc) is 2.21. The van der Waals surface area contributed by atoms with Gasteiger partial charge >= 0.3 is 0 Å². The molecule has 0 aliphatic heterocycles. The van der Waals surface area contributed by atoms with E-state index in [0.29, 0.717) is 6.42 Å². The molecule has 1 rings (SSSR count). The quantitative estimate of drug-likeness (QED) is 0.929. The lowest BCUT2D eigenvalue weighted by Gasteiger charge is -2.12. The van der Waals surface area contributed by atoms with Crippen LogP contribution in [0.3, 0.4) is 0 Å². The molecule has 0 aliphatic rings. The summed E-state index contributed by atoms with van der Waals surface area (Å²) in [6.07, 6.45) is 0.679. The van der Waals surface area contributed by atoms with Gasteiger partial charge in [-0.25, -0.2) is 17.5 Å². The maximum atomic E-state index is 13.2. The van der Waals surface area contributed by atoms with Crippen LogP contribution in [-0.4, -0.2) is 14.5 Å². The number of sulfonamides is 1. The van der Waals surface area contributed by atoms with E-state index in [9.17, 15) is 12.8 Å². The number of hydrogen-bond donors (Lipinski definition) is 1. The third kappa shape index (κ3) is 3.26. The molecule has 1 N–H and O–H groups in total. The molecular weight excluding hydrogens is 297 g/mol. The molecule has 6 heteroatoms. The highest BCUT2D eigenvalue weighted by molar-refractivity contribution is 9.10. The lowest BCUT2D eigenvalue weighted by Crippen LogP contribution is -2.32. The number of hydrogen-bond acceptors (Lipinski definition) is 2. The predicted molar refractivity (Wildman–Crippen MR) is 64.2 cm³/mol. The molecule has 0 radical (unpaired) electrons. The van der Waals surface area contributed by atoms with Gasteiger partial charge in [0.15, 0.2) is 0 Å². The van der Waals surface area contributed by atoms with E-state index in [1.807, 2.05) is 6.92 Å². The Morgan fingerprint density at radius 2 is 2.12 bits per heavy atom. The van der Waals surface area contributed by atoms with Crippen molar-refractivity contribution in [3.8, 4) is 0 Å². The molecule has 1 aromatic carbocycles. The monoisotopic (exact) mass is 309 g/mol. The summed E-state index contributed by atoms with van der Waals surface area (Å²) in [5.41, 5.74) is 0. The first-order chi connectivity index (χ1) is 7.36. The van der Waals surface area contributed by atoms with Crippen LogP contribution in [0.15, 0.2) is 27.6 Å². The average molecular weight is 310 g/mol. The Balaban J connectivity index is 3.03. The first-order valence-corrected chi connectivity index (χ1v) is 7.12. The molecule has 0 saturated carbocycles. The van der Waals surface area contributed by atoms with Crippen molar-refractivity contribution >= 4 is 26.0 Å². The van der Waals surface area contributed by atoms with Gasteiger partial charge in [0.25, 0.3) is 0 Å². The van der Waals surface area contributed by atoms with Crippen molar-refractivity contribution in [2.45, 2.75) is 31.2 Å². The zero-order valence-corrected chi connectivity index (χ0v) is 11.4.